The molecule has 0 aliphatic heterocycles. The van der Waals surface area contributed by atoms with Gasteiger partial charge in [0.25, 0.3) is 0 Å². The van der Waals surface area contributed by atoms with Crippen LogP contribution in [0.25, 0.3) is 0 Å². The first-order valence-corrected chi connectivity index (χ1v) is 6.96. The van der Waals surface area contributed by atoms with Crippen LogP contribution in [-0.4, -0.2) is 22.2 Å². The minimum atomic E-state index is 0.00774. The van der Waals surface area contributed by atoms with E-state index in [0.29, 0.717) is 12.5 Å². The van der Waals surface area contributed by atoms with E-state index in [1.54, 1.807) is 10.9 Å². The molecule has 1 aromatic heterocycles. The Morgan fingerprint density at radius 2 is 2.10 bits per heavy atom. The van der Waals surface area contributed by atoms with E-state index in [1.807, 2.05) is 31.3 Å². The largest absolute Gasteiger partial charge is 0.354 e. The van der Waals surface area contributed by atoms with E-state index in [4.69, 9.17) is 0 Å². The summed E-state index contributed by atoms with van der Waals surface area (Å²) in [5, 5.41) is 7.04. The second-order valence-corrected chi connectivity index (χ2v) is 5.17. The van der Waals surface area contributed by atoms with E-state index in [0.717, 1.165) is 12.0 Å². The summed E-state index contributed by atoms with van der Waals surface area (Å²) in [5.41, 5.74) is 2.37. The molecule has 4 nitrogen and oxygen atoms in total. The van der Waals surface area contributed by atoms with Crippen molar-refractivity contribution in [3.63, 3.8) is 0 Å². The van der Waals surface area contributed by atoms with Gasteiger partial charge in [0.1, 0.15) is 6.54 Å². The lowest BCUT2D eigenvalue weighted by Gasteiger charge is -2.12. The van der Waals surface area contributed by atoms with E-state index in [1.165, 1.54) is 5.56 Å². The number of rotatable bonds is 6. The van der Waals surface area contributed by atoms with Crippen LogP contribution in [0.15, 0.2) is 42.7 Å². The molecule has 0 unspecified atom stereocenters. The third kappa shape index (κ3) is 4.23. The lowest BCUT2D eigenvalue weighted by molar-refractivity contribution is -0.121. The highest BCUT2D eigenvalue weighted by Crippen LogP contribution is 2.17. The first-order valence-electron chi connectivity index (χ1n) is 6.96. The van der Waals surface area contributed by atoms with Crippen LogP contribution in [0.3, 0.4) is 0 Å². The van der Waals surface area contributed by atoms with Crippen molar-refractivity contribution in [2.24, 2.45) is 0 Å². The van der Waals surface area contributed by atoms with Gasteiger partial charge in [0.15, 0.2) is 0 Å². The minimum absolute atomic E-state index is 0.00774. The van der Waals surface area contributed by atoms with Gasteiger partial charge in [0.2, 0.25) is 5.91 Å². The average molecular weight is 271 g/mol. The van der Waals surface area contributed by atoms with Gasteiger partial charge in [-0.3, -0.25) is 9.48 Å². The van der Waals surface area contributed by atoms with E-state index >= 15 is 0 Å². The number of hydrogen-bond donors (Lipinski definition) is 1. The van der Waals surface area contributed by atoms with Crippen molar-refractivity contribution in [3.8, 4) is 0 Å². The molecule has 0 fully saturated rings. The summed E-state index contributed by atoms with van der Waals surface area (Å²) >= 11 is 0. The fourth-order valence-electron chi connectivity index (χ4n) is 2.13. The molecular formula is C16H21N3O. The first-order chi connectivity index (χ1) is 9.65. The maximum atomic E-state index is 11.8. The van der Waals surface area contributed by atoms with Crippen LogP contribution in [0.4, 0.5) is 0 Å². The van der Waals surface area contributed by atoms with E-state index < -0.39 is 0 Å². The second-order valence-electron chi connectivity index (χ2n) is 5.17. The van der Waals surface area contributed by atoms with Crippen molar-refractivity contribution >= 4 is 5.91 Å². The molecular weight excluding hydrogens is 250 g/mol. The van der Waals surface area contributed by atoms with Gasteiger partial charge >= 0.3 is 0 Å². The molecule has 1 N–H and O–H groups in total. The highest BCUT2D eigenvalue weighted by Gasteiger charge is 2.07. The highest BCUT2D eigenvalue weighted by atomic mass is 16.2. The zero-order valence-corrected chi connectivity index (χ0v) is 12.0. The molecule has 2 aromatic rings. The van der Waals surface area contributed by atoms with Gasteiger partial charge in [-0.15, -0.1) is 0 Å². The Balaban J connectivity index is 1.71. The predicted octanol–water partition coefficient (Wildman–Crippen LogP) is 2.50. The Kier molecular flexibility index (Phi) is 4.93. The van der Waals surface area contributed by atoms with E-state index in [-0.39, 0.29) is 12.5 Å². The average Bonchev–Trinajstić information content (AvgIpc) is 2.85. The van der Waals surface area contributed by atoms with Crippen LogP contribution in [-0.2, 0) is 11.3 Å². The maximum Gasteiger partial charge on any atom is 0.241 e. The molecule has 2 rings (SSSR count). The zero-order chi connectivity index (χ0) is 14.4. The Labute approximate surface area is 119 Å². The van der Waals surface area contributed by atoms with Crippen molar-refractivity contribution in [2.45, 2.75) is 32.7 Å². The number of aryl methyl sites for hydroxylation is 1. The molecule has 1 amide bonds. The van der Waals surface area contributed by atoms with Gasteiger partial charge in [-0.2, -0.15) is 5.10 Å². The molecule has 0 radical (unpaired) electrons. The van der Waals surface area contributed by atoms with Crippen molar-refractivity contribution < 1.29 is 4.79 Å². The molecule has 0 saturated heterocycles. The standard InChI is InChI=1S/C16H21N3O/c1-13-10-18-19(11-13)12-16(20)17-9-8-14(2)15-6-4-3-5-7-15/h3-7,10-11,14H,8-9,12H2,1-2H3,(H,17,20)/t14-/m0/s1. The Bertz CT molecular complexity index is 548. The number of carbonyl (C=O) groups is 1. The highest BCUT2D eigenvalue weighted by molar-refractivity contribution is 5.75. The van der Waals surface area contributed by atoms with Crippen LogP contribution in [0.5, 0.6) is 0 Å². The Morgan fingerprint density at radius 3 is 2.75 bits per heavy atom. The molecule has 0 bridgehead atoms. The molecule has 1 atom stereocenters. The predicted molar refractivity (Wildman–Crippen MR) is 79.4 cm³/mol. The van der Waals surface area contributed by atoms with Crippen molar-refractivity contribution in [1.82, 2.24) is 15.1 Å². The third-order valence-electron chi connectivity index (χ3n) is 3.34. The summed E-state index contributed by atoms with van der Waals surface area (Å²) in [4.78, 5) is 11.8. The molecule has 106 valence electrons. The molecule has 0 aliphatic carbocycles. The third-order valence-corrected chi connectivity index (χ3v) is 3.34. The minimum Gasteiger partial charge on any atom is -0.354 e. The van der Waals surface area contributed by atoms with Crippen LogP contribution in [0.2, 0.25) is 0 Å². The number of benzene rings is 1. The van der Waals surface area contributed by atoms with E-state index in [9.17, 15) is 4.79 Å². The van der Waals surface area contributed by atoms with Crippen LogP contribution >= 0.6 is 0 Å². The topological polar surface area (TPSA) is 46.9 Å². The lowest BCUT2D eigenvalue weighted by atomic mass is 9.98. The fraction of sp³-hybridized carbons (Fsp3) is 0.375. The summed E-state index contributed by atoms with van der Waals surface area (Å²) in [6, 6.07) is 10.4. The van der Waals surface area contributed by atoms with Gasteiger partial charge in [-0.1, -0.05) is 37.3 Å². The Hall–Kier alpha value is -2.10. The van der Waals surface area contributed by atoms with Crippen molar-refractivity contribution in [1.29, 1.82) is 0 Å². The van der Waals surface area contributed by atoms with Crippen LogP contribution < -0.4 is 5.32 Å². The monoisotopic (exact) mass is 271 g/mol. The maximum absolute atomic E-state index is 11.8. The molecule has 0 saturated carbocycles. The number of amides is 1. The quantitative estimate of drug-likeness (QED) is 0.877. The summed E-state index contributed by atoms with van der Waals surface area (Å²) in [5.74, 6) is 0.455. The number of hydrogen-bond acceptors (Lipinski definition) is 2. The van der Waals surface area contributed by atoms with Gasteiger partial charge in [0.05, 0.1) is 6.20 Å². The molecule has 0 aliphatic rings. The Morgan fingerprint density at radius 1 is 1.35 bits per heavy atom. The number of aromatic nitrogens is 2. The molecule has 4 heteroatoms. The molecule has 1 aromatic carbocycles. The van der Waals surface area contributed by atoms with Gasteiger partial charge in [0, 0.05) is 12.7 Å². The van der Waals surface area contributed by atoms with Gasteiger partial charge < -0.3 is 5.32 Å². The van der Waals surface area contributed by atoms with Crippen LogP contribution in [0.1, 0.15) is 30.4 Å². The molecule has 0 spiro atoms. The van der Waals surface area contributed by atoms with Gasteiger partial charge in [-0.25, -0.2) is 0 Å². The number of nitrogens with zero attached hydrogens (tertiary/aromatic N) is 2. The van der Waals surface area contributed by atoms with Crippen LogP contribution in [0, 0.1) is 6.92 Å². The van der Waals surface area contributed by atoms with Crippen molar-refractivity contribution in [3.05, 3.63) is 53.9 Å². The summed E-state index contributed by atoms with van der Waals surface area (Å²) in [6.07, 6.45) is 4.56. The summed E-state index contributed by atoms with van der Waals surface area (Å²) in [7, 11) is 0. The van der Waals surface area contributed by atoms with E-state index in [2.05, 4.69) is 29.5 Å². The first kappa shape index (κ1) is 14.3. The number of nitrogens with one attached hydrogen (secondary N) is 1. The molecule has 1 heterocycles. The fourth-order valence-corrected chi connectivity index (χ4v) is 2.13. The smallest absolute Gasteiger partial charge is 0.241 e. The second kappa shape index (κ2) is 6.89. The molecule has 20 heavy (non-hydrogen) atoms. The lowest BCUT2D eigenvalue weighted by Crippen LogP contribution is -2.29. The summed E-state index contributed by atoms with van der Waals surface area (Å²) < 4.78 is 1.66. The summed E-state index contributed by atoms with van der Waals surface area (Å²) in [6.45, 7) is 5.12. The van der Waals surface area contributed by atoms with Gasteiger partial charge in [-0.05, 0) is 30.4 Å². The number of carbonyl (C=O) groups excluding carboxylic acids is 1. The normalized spacial score (nSPS) is 12.1. The zero-order valence-electron chi connectivity index (χ0n) is 12.0. The van der Waals surface area contributed by atoms with Crippen molar-refractivity contribution in [2.75, 3.05) is 6.54 Å². The SMILES string of the molecule is Cc1cnn(CC(=O)NCC[C@H](C)c2ccccc2)c1.